The normalized spacial score (nSPS) is 22.1. The molecule has 1 unspecified atom stereocenters. The summed E-state index contributed by atoms with van der Waals surface area (Å²) in [5.41, 5.74) is 1.16. The monoisotopic (exact) mass is 502 g/mol. The van der Waals surface area contributed by atoms with Gasteiger partial charge in [0.15, 0.2) is 0 Å². The van der Waals surface area contributed by atoms with Crippen molar-refractivity contribution in [2.45, 2.75) is 52.2 Å². The van der Waals surface area contributed by atoms with Crippen LogP contribution in [0.25, 0.3) is 6.08 Å². The quantitative estimate of drug-likeness (QED) is 0.415. The van der Waals surface area contributed by atoms with Crippen LogP contribution in [0.4, 0.5) is 5.82 Å². The van der Waals surface area contributed by atoms with E-state index in [0.717, 1.165) is 37.1 Å². The molecule has 4 rings (SSSR count). The standard InChI is InChI=1S/C24H30N4O4S2/c1-3-4-7-27-21(26-8-11-31-12-9-26)18(16(2)19(14-25)22(27)29)13-20-23(30)28(24(33)34-20)15-17-6-5-10-32-17/h13,17H,3-12,15H2,1-2H3/b20-13+. The van der Waals surface area contributed by atoms with Crippen molar-refractivity contribution in [1.29, 1.82) is 5.26 Å². The van der Waals surface area contributed by atoms with E-state index >= 15 is 0 Å². The molecular weight excluding hydrogens is 472 g/mol. The van der Waals surface area contributed by atoms with E-state index in [1.165, 1.54) is 11.8 Å². The molecule has 8 nitrogen and oxygen atoms in total. The average Bonchev–Trinajstić information content (AvgIpc) is 3.45. The zero-order valence-electron chi connectivity index (χ0n) is 19.7. The molecule has 0 aliphatic carbocycles. The number of thiocarbonyl (C=S) groups is 1. The highest BCUT2D eigenvalue weighted by Gasteiger charge is 2.35. The number of hydrogen-bond acceptors (Lipinski definition) is 8. The number of nitrogens with zero attached hydrogens (tertiary/aromatic N) is 4. The van der Waals surface area contributed by atoms with Crippen LogP contribution in [0.2, 0.25) is 0 Å². The van der Waals surface area contributed by atoms with Crippen LogP contribution in [0.3, 0.4) is 0 Å². The van der Waals surface area contributed by atoms with E-state index in [-0.39, 0.29) is 23.1 Å². The highest BCUT2D eigenvalue weighted by molar-refractivity contribution is 8.26. The molecule has 3 aliphatic rings. The van der Waals surface area contributed by atoms with E-state index in [1.54, 1.807) is 16.4 Å². The van der Waals surface area contributed by atoms with Crippen LogP contribution in [0.5, 0.6) is 0 Å². The predicted molar refractivity (Wildman–Crippen MR) is 137 cm³/mol. The van der Waals surface area contributed by atoms with Crippen molar-refractivity contribution in [3.63, 3.8) is 0 Å². The lowest BCUT2D eigenvalue weighted by atomic mass is 10.0. The van der Waals surface area contributed by atoms with Crippen molar-refractivity contribution >= 4 is 46.1 Å². The van der Waals surface area contributed by atoms with Gasteiger partial charge in [-0.3, -0.25) is 19.1 Å². The SMILES string of the molecule is CCCCn1c(N2CCOCC2)c(/C=C2/SC(=S)N(CC3CCCO3)C2=O)c(C)c(C#N)c1=O. The second kappa shape index (κ2) is 11.0. The number of hydrogen-bond donors (Lipinski definition) is 0. The zero-order chi connectivity index (χ0) is 24.2. The van der Waals surface area contributed by atoms with E-state index in [9.17, 15) is 14.9 Å². The van der Waals surface area contributed by atoms with Gasteiger partial charge in [0.2, 0.25) is 0 Å². The number of ether oxygens (including phenoxy) is 2. The fraction of sp³-hybridized carbons (Fsp3) is 0.583. The molecule has 3 saturated heterocycles. The molecule has 3 fully saturated rings. The maximum absolute atomic E-state index is 13.3. The predicted octanol–water partition coefficient (Wildman–Crippen LogP) is 3.05. The number of morpholine rings is 1. The third-order valence-electron chi connectivity index (χ3n) is 6.45. The number of rotatable bonds is 7. The molecule has 0 bridgehead atoms. The third-order valence-corrected chi connectivity index (χ3v) is 7.83. The summed E-state index contributed by atoms with van der Waals surface area (Å²) in [6.07, 6.45) is 5.47. The van der Waals surface area contributed by atoms with Gasteiger partial charge in [-0.2, -0.15) is 5.26 Å². The molecule has 1 aromatic heterocycles. The maximum atomic E-state index is 13.3. The first kappa shape index (κ1) is 24.9. The Bertz CT molecular complexity index is 1100. The summed E-state index contributed by atoms with van der Waals surface area (Å²) >= 11 is 6.79. The molecule has 1 atom stereocenters. The summed E-state index contributed by atoms with van der Waals surface area (Å²) in [7, 11) is 0. The molecule has 182 valence electrons. The third kappa shape index (κ3) is 4.93. The highest BCUT2D eigenvalue weighted by Crippen LogP contribution is 2.36. The number of amides is 1. The van der Waals surface area contributed by atoms with Crippen molar-refractivity contribution in [3.05, 3.63) is 31.9 Å². The molecule has 34 heavy (non-hydrogen) atoms. The number of nitriles is 1. The molecule has 1 aromatic rings. The smallest absolute Gasteiger partial charge is 0.270 e. The van der Waals surface area contributed by atoms with Crippen molar-refractivity contribution in [2.75, 3.05) is 44.4 Å². The van der Waals surface area contributed by atoms with Gasteiger partial charge in [0.1, 0.15) is 21.8 Å². The Kier molecular flexibility index (Phi) is 8.09. The number of thioether (sulfide) groups is 1. The van der Waals surface area contributed by atoms with Gasteiger partial charge in [-0.25, -0.2) is 0 Å². The van der Waals surface area contributed by atoms with Gasteiger partial charge in [0.25, 0.3) is 11.5 Å². The van der Waals surface area contributed by atoms with Gasteiger partial charge >= 0.3 is 0 Å². The Morgan fingerprint density at radius 2 is 2.03 bits per heavy atom. The van der Waals surface area contributed by atoms with Crippen LogP contribution in [0.15, 0.2) is 9.70 Å². The first-order valence-corrected chi connectivity index (χ1v) is 13.1. The molecular formula is C24H30N4O4S2. The molecule has 0 radical (unpaired) electrons. The number of carbonyl (C=O) groups excluding carboxylic acids is 1. The Balaban J connectivity index is 1.80. The first-order valence-electron chi connectivity index (χ1n) is 11.8. The van der Waals surface area contributed by atoms with E-state index in [4.69, 9.17) is 21.7 Å². The molecule has 3 aliphatic heterocycles. The largest absolute Gasteiger partial charge is 0.378 e. The van der Waals surface area contributed by atoms with Gasteiger partial charge < -0.3 is 14.4 Å². The molecule has 4 heterocycles. The lowest BCUT2D eigenvalue weighted by molar-refractivity contribution is -0.123. The lowest BCUT2D eigenvalue weighted by Crippen LogP contribution is -2.41. The van der Waals surface area contributed by atoms with Gasteiger partial charge in [-0.05, 0) is 37.8 Å². The minimum absolute atomic E-state index is 0.00800. The second-order valence-electron chi connectivity index (χ2n) is 8.69. The minimum Gasteiger partial charge on any atom is -0.378 e. The van der Waals surface area contributed by atoms with E-state index in [2.05, 4.69) is 17.9 Å². The Hall–Kier alpha value is -2.19. The van der Waals surface area contributed by atoms with Crippen LogP contribution in [-0.2, 0) is 20.8 Å². The molecule has 0 N–H and O–H groups in total. The zero-order valence-corrected chi connectivity index (χ0v) is 21.3. The number of unbranched alkanes of at least 4 members (excludes halogenated alkanes) is 1. The fourth-order valence-electron chi connectivity index (χ4n) is 4.56. The summed E-state index contributed by atoms with van der Waals surface area (Å²) < 4.78 is 13.5. The molecule has 0 aromatic carbocycles. The minimum atomic E-state index is -0.280. The number of pyridine rings is 1. The van der Waals surface area contributed by atoms with Crippen molar-refractivity contribution < 1.29 is 14.3 Å². The molecule has 0 spiro atoms. The van der Waals surface area contributed by atoms with Crippen molar-refractivity contribution in [3.8, 4) is 6.07 Å². The van der Waals surface area contributed by atoms with Gasteiger partial charge in [-0.15, -0.1) is 0 Å². The van der Waals surface area contributed by atoms with Crippen LogP contribution in [0, 0.1) is 18.3 Å². The van der Waals surface area contributed by atoms with Crippen LogP contribution in [0.1, 0.15) is 49.3 Å². The Labute approximate surface area is 209 Å². The van der Waals surface area contributed by atoms with E-state index in [0.29, 0.717) is 60.8 Å². The lowest BCUT2D eigenvalue weighted by Gasteiger charge is -2.33. The summed E-state index contributed by atoms with van der Waals surface area (Å²) in [6, 6.07) is 2.10. The fourth-order valence-corrected chi connectivity index (χ4v) is 5.82. The van der Waals surface area contributed by atoms with Crippen LogP contribution in [-0.4, -0.2) is 65.3 Å². The van der Waals surface area contributed by atoms with E-state index in [1.807, 2.05) is 6.08 Å². The first-order chi connectivity index (χ1) is 16.5. The average molecular weight is 503 g/mol. The summed E-state index contributed by atoms with van der Waals surface area (Å²) in [6.45, 7) is 7.93. The molecule has 0 saturated carbocycles. The summed E-state index contributed by atoms with van der Waals surface area (Å²) in [5.74, 6) is 0.602. The summed E-state index contributed by atoms with van der Waals surface area (Å²) in [5, 5.41) is 9.80. The number of anilines is 1. The van der Waals surface area contributed by atoms with E-state index < -0.39 is 0 Å². The number of carbonyl (C=O) groups is 1. The van der Waals surface area contributed by atoms with Gasteiger partial charge in [0.05, 0.1) is 30.8 Å². The summed E-state index contributed by atoms with van der Waals surface area (Å²) in [4.78, 5) is 30.9. The van der Waals surface area contributed by atoms with Gasteiger partial charge in [0, 0.05) is 31.8 Å². The Morgan fingerprint density at radius 1 is 1.26 bits per heavy atom. The topological polar surface area (TPSA) is 87.8 Å². The Morgan fingerprint density at radius 3 is 2.68 bits per heavy atom. The van der Waals surface area contributed by atoms with Crippen molar-refractivity contribution in [1.82, 2.24) is 9.47 Å². The van der Waals surface area contributed by atoms with Crippen molar-refractivity contribution in [2.24, 2.45) is 0 Å². The van der Waals surface area contributed by atoms with Gasteiger partial charge in [-0.1, -0.05) is 37.3 Å². The second-order valence-corrected chi connectivity index (χ2v) is 10.4. The molecule has 10 heteroatoms. The number of aromatic nitrogens is 1. The molecule has 1 amide bonds. The highest BCUT2D eigenvalue weighted by atomic mass is 32.2. The van der Waals surface area contributed by atoms with Crippen LogP contribution < -0.4 is 10.5 Å². The maximum Gasteiger partial charge on any atom is 0.270 e. The van der Waals surface area contributed by atoms with Crippen LogP contribution >= 0.6 is 24.0 Å².